The zero-order valence-corrected chi connectivity index (χ0v) is 13.0. The lowest BCUT2D eigenvalue weighted by Crippen LogP contribution is -2.08. The molecule has 5 heteroatoms. The maximum Gasteiger partial charge on any atom is 0.213 e. The molecule has 0 radical (unpaired) electrons. The van der Waals surface area contributed by atoms with Gasteiger partial charge in [0.25, 0.3) is 0 Å². The third kappa shape index (κ3) is 4.15. The van der Waals surface area contributed by atoms with Crippen LogP contribution in [0.3, 0.4) is 0 Å². The maximum atomic E-state index is 8.31. The smallest absolute Gasteiger partial charge is 0.213 e. The number of benzene rings is 1. The zero-order valence-electron chi connectivity index (χ0n) is 13.0. The molecule has 0 amide bonds. The minimum Gasteiger partial charge on any atom is -0.475 e. The first-order valence-electron chi connectivity index (χ1n) is 7.09. The zero-order chi connectivity index (χ0) is 15.9. The van der Waals surface area contributed by atoms with E-state index in [-0.39, 0.29) is 6.10 Å². The van der Waals surface area contributed by atoms with Crippen molar-refractivity contribution < 1.29 is 4.74 Å². The molecule has 0 aliphatic carbocycles. The Balaban J connectivity index is 2.17. The SMILES string of the molecule is CN=CNc1cccc(C(=N)c2ccc(OC(C)C)nc2)c1. The van der Waals surface area contributed by atoms with Gasteiger partial charge < -0.3 is 10.1 Å². The van der Waals surface area contributed by atoms with E-state index in [1.165, 1.54) is 0 Å². The number of ether oxygens (including phenoxy) is 1. The molecule has 0 saturated heterocycles. The van der Waals surface area contributed by atoms with Gasteiger partial charge in [0, 0.05) is 36.1 Å². The van der Waals surface area contributed by atoms with Crippen LogP contribution in [0.25, 0.3) is 0 Å². The van der Waals surface area contributed by atoms with Crippen LogP contribution in [0.15, 0.2) is 47.6 Å². The maximum absolute atomic E-state index is 8.31. The predicted molar refractivity (Wildman–Crippen MR) is 90.4 cm³/mol. The van der Waals surface area contributed by atoms with E-state index in [0.29, 0.717) is 11.6 Å². The Morgan fingerprint density at radius 3 is 2.73 bits per heavy atom. The summed E-state index contributed by atoms with van der Waals surface area (Å²) in [6.45, 7) is 3.91. The summed E-state index contributed by atoms with van der Waals surface area (Å²) in [5, 5.41) is 11.4. The standard InChI is InChI=1S/C17H20N4O/c1-12(2)22-16-8-7-14(10-20-16)17(18)13-5-4-6-15(9-13)21-11-19-3/h4-12,18H,1-3H3,(H,19,21). The summed E-state index contributed by atoms with van der Waals surface area (Å²) in [6, 6.07) is 11.3. The van der Waals surface area contributed by atoms with E-state index in [0.717, 1.165) is 16.8 Å². The van der Waals surface area contributed by atoms with Gasteiger partial charge in [0.2, 0.25) is 5.88 Å². The Hall–Kier alpha value is -2.69. The fraction of sp³-hybridized carbons (Fsp3) is 0.235. The van der Waals surface area contributed by atoms with Crippen molar-refractivity contribution in [2.24, 2.45) is 4.99 Å². The number of rotatable bonds is 6. The monoisotopic (exact) mass is 296 g/mol. The number of anilines is 1. The second kappa shape index (κ2) is 7.36. The summed E-state index contributed by atoms with van der Waals surface area (Å²) in [7, 11) is 1.70. The molecule has 0 saturated carbocycles. The number of hydrogen-bond acceptors (Lipinski definition) is 4. The van der Waals surface area contributed by atoms with Gasteiger partial charge in [-0.1, -0.05) is 12.1 Å². The van der Waals surface area contributed by atoms with Crippen molar-refractivity contribution in [1.82, 2.24) is 4.98 Å². The predicted octanol–water partition coefficient (Wildman–Crippen LogP) is 3.35. The van der Waals surface area contributed by atoms with Crippen LogP contribution in [0.4, 0.5) is 5.69 Å². The fourth-order valence-corrected chi connectivity index (χ4v) is 1.91. The highest BCUT2D eigenvalue weighted by Gasteiger charge is 2.07. The minimum absolute atomic E-state index is 0.0841. The van der Waals surface area contributed by atoms with Gasteiger partial charge in [0.15, 0.2) is 0 Å². The van der Waals surface area contributed by atoms with Crippen LogP contribution in [0, 0.1) is 5.41 Å². The highest BCUT2D eigenvalue weighted by molar-refractivity contribution is 6.11. The van der Waals surface area contributed by atoms with Crippen LogP contribution in [0.2, 0.25) is 0 Å². The molecule has 2 aromatic rings. The van der Waals surface area contributed by atoms with Crippen LogP contribution in [0.5, 0.6) is 5.88 Å². The molecule has 0 aliphatic heterocycles. The summed E-state index contributed by atoms with van der Waals surface area (Å²) >= 11 is 0. The first kappa shape index (κ1) is 15.7. The van der Waals surface area contributed by atoms with Crippen LogP contribution in [0.1, 0.15) is 25.0 Å². The van der Waals surface area contributed by atoms with Crippen molar-refractivity contribution in [3.63, 3.8) is 0 Å². The summed E-state index contributed by atoms with van der Waals surface area (Å²) < 4.78 is 5.51. The van der Waals surface area contributed by atoms with Gasteiger partial charge in [0.1, 0.15) is 0 Å². The van der Waals surface area contributed by atoms with Crippen molar-refractivity contribution in [2.75, 3.05) is 12.4 Å². The van der Waals surface area contributed by atoms with E-state index in [1.54, 1.807) is 25.6 Å². The van der Waals surface area contributed by atoms with Gasteiger partial charge in [0.05, 0.1) is 18.2 Å². The second-order valence-electron chi connectivity index (χ2n) is 5.04. The molecule has 5 nitrogen and oxygen atoms in total. The average molecular weight is 296 g/mol. The molecular formula is C17H20N4O. The number of nitrogens with zero attached hydrogens (tertiary/aromatic N) is 2. The van der Waals surface area contributed by atoms with Crippen molar-refractivity contribution in [1.29, 1.82) is 5.41 Å². The molecule has 1 aromatic heterocycles. The summed E-state index contributed by atoms with van der Waals surface area (Å²) in [4.78, 5) is 8.12. The van der Waals surface area contributed by atoms with Gasteiger partial charge in [-0.3, -0.25) is 10.4 Å². The molecule has 0 unspecified atom stereocenters. The van der Waals surface area contributed by atoms with Crippen molar-refractivity contribution in [3.8, 4) is 5.88 Å². The van der Waals surface area contributed by atoms with Crippen molar-refractivity contribution in [3.05, 3.63) is 53.7 Å². The van der Waals surface area contributed by atoms with E-state index >= 15 is 0 Å². The van der Waals surface area contributed by atoms with Gasteiger partial charge in [-0.25, -0.2) is 4.98 Å². The van der Waals surface area contributed by atoms with E-state index in [9.17, 15) is 0 Å². The lowest BCUT2D eigenvalue weighted by molar-refractivity contribution is 0.232. The van der Waals surface area contributed by atoms with Crippen LogP contribution in [-0.2, 0) is 0 Å². The van der Waals surface area contributed by atoms with Crippen molar-refractivity contribution in [2.45, 2.75) is 20.0 Å². The fourth-order valence-electron chi connectivity index (χ4n) is 1.91. The Morgan fingerprint density at radius 2 is 2.09 bits per heavy atom. The summed E-state index contributed by atoms with van der Waals surface area (Å²) in [5.74, 6) is 0.570. The third-order valence-corrected chi connectivity index (χ3v) is 2.89. The number of nitrogens with one attached hydrogen (secondary N) is 2. The first-order chi connectivity index (χ1) is 10.6. The Labute approximate surface area is 130 Å². The lowest BCUT2D eigenvalue weighted by atomic mass is 10.0. The Morgan fingerprint density at radius 1 is 1.27 bits per heavy atom. The third-order valence-electron chi connectivity index (χ3n) is 2.89. The van der Waals surface area contributed by atoms with Gasteiger partial charge in [-0.15, -0.1) is 0 Å². The summed E-state index contributed by atoms with van der Waals surface area (Å²) in [5.41, 5.74) is 2.87. The van der Waals surface area contributed by atoms with E-state index in [4.69, 9.17) is 10.1 Å². The highest BCUT2D eigenvalue weighted by atomic mass is 16.5. The minimum atomic E-state index is 0.0841. The first-order valence-corrected chi connectivity index (χ1v) is 7.09. The molecule has 2 N–H and O–H groups in total. The van der Waals surface area contributed by atoms with Crippen LogP contribution >= 0.6 is 0 Å². The quantitative estimate of drug-likeness (QED) is 0.634. The van der Waals surface area contributed by atoms with E-state index in [2.05, 4.69) is 15.3 Å². The number of aromatic nitrogens is 1. The molecule has 1 aromatic carbocycles. The van der Waals surface area contributed by atoms with Crippen LogP contribution in [-0.4, -0.2) is 30.2 Å². The molecule has 0 fully saturated rings. The Kier molecular flexibility index (Phi) is 5.25. The van der Waals surface area contributed by atoms with E-state index < -0.39 is 0 Å². The normalized spacial score (nSPS) is 10.9. The number of aliphatic imine (C=N–C) groups is 1. The Bertz CT molecular complexity index is 663. The van der Waals surface area contributed by atoms with Crippen LogP contribution < -0.4 is 10.1 Å². The average Bonchev–Trinajstić information content (AvgIpc) is 2.53. The largest absolute Gasteiger partial charge is 0.475 e. The molecule has 22 heavy (non-hydrogen) atoms. The molecule has 0 spiro atoms. The molecule has 1 heterocycles. The molecule has 0 atom stereocenters. The topological polar surface area (TPSA) is 70.4 Å². The van der Waals surface area contributed by atoms with Gasteiger partial charge >= 0.3 is 0 Å². The summed E-state index contributed by atoms with van der Waals surface area (Å²) in [6.07, 6.45) is 3.36. The van der Waals surface area contributed by atoms with E-state index in [1.807, 2.05) is 44.2 Å². The van der Waals surface area contributed by atoms with Gasteiger partial charge in [-0.05, 0) is 32.0 Å². The number of pyridine rings is 1. The molecule has 114 valence electrons. The molecule has 2 rings (SSSR count). The van der Waals surface area contributed by atoms with Crippen molar-refractivity contribution >= 4 is 17.7 Å². The van der Waals surface area contributed by atoms with Gasteiger partial charge in [-0.2, -0.15) is 0 Å². The molecule has 0 bridgehead atoms. The highest BCUT2D eigenvalue weighted by Crippen LogP contribution is 2.16. The number of hydrogen-bond donors (Lipinski definition) is 2. The molecule has 0 aliphatic rings. The lowest BCUT2D eigenvalue weighted by Gasteiger charge is -2.10. The second-order valence-corrected chi connectivity index (χ2v) is 5.04. The molecular weight excluding hydrogens is 276 g/mol.